The number of aliphatic hydroxyl groups excluding tert-OH is 1. The van der Waals surface area contributed by atoms with Crippen molar-refractivity contribution in [1.29, 1.82) is 0 Å². The zero-order valence-corrected chi connectivity index (χ0v) is 21.1. The third-order valence-corrected chi connectivity index (χ3v) is 7.44. The van der Waals surface area contributed by atoms with Crippen LogP contribution in [0.25, 0.3) is 22.3 Å². The second-order valence-corrected chi connectivity index (χ2v) is 10.1. The van der Waals surface area contributed by atoms with Crippen LogP contribution in [0.1, 0.15) is 32.3 Å². The Morgan fingerprint density at radius 3 is 2.53 bits per heavy atom. The lowest BCUT2D eigenvalue weighted by Gasteiger charge is -2.45. The number of hydrogen-bond donors (Lipinski definition) is 1. The van der Waals surface area contributed by atoms with Crippen molar-refractivity contribution in [2.75, 3.05) is 43.2 Å². The van der Waals surface area contributed by atoms with Crippen molar-refractivity contribution in [3.05, 3.63) is 35.9 Å². The zero-order chi connectivity index (χ0) is 24.8. The second-order valence-electron chi connectivity index (χ2n) is 10.1. The molecule has 0 amide bonds. The lowest BCUT2D eigenvalue weighted by Crippen LogP contribution is -2.55. The molecular formula is C27H33N5O4. The number of rotatable bonds is 5. The maximum absolute atomic E-state index is 9.80. The first-order valence-corrected chi connectivity index (χ1v) is 12.8. The minimum absolute atomic E-state index is 0.103. The minimum atomic E-state index is -0.103. The highest BCUT2D eigenvalue weighted by molar-refractivity contribution is 5.90. The van der Waals surface area contributed by atoms with Gasteiger partial charge in [0.25, 0.3) is 0 Å². The molecule has 4 aliphatic heterocycles. The highest BCUT2D eigenvalue weighted by atomic mass is 16.5. The van der Waals surface area contributed by atoms with Crippen molar-refractivity contribution >= 4 is 22.8 Å². The Morgan fingerprint density at radius 2 is 1.86 bits per heavy atom. The number of aromatic nitrogens is 3. The minimum Gasteiger partial charge on any atom is -0.496 e. The first kappa shape index (κ1) is 23.4. The van der Waals surface area contributed by atoms with Crippen LogP contribution in [0, 0.1) is 0 Å². The molecule has 2 aromatic heterocycles. The number of benzene rings is 1. The highest BCUT2D eigenvalue weighted by Gasteiger charge is 2.37. The lowest BCUT2D eigenvalue weighted by molar-refractivity contribution is -0.0232. The molecule has 0 spiro atoms. The Balaban J connectivity index is 1.46. The van der Waals surface area contributed by atoms with Gasteiger partial charge in [-0.25, -0.2) is 4.98 Å². The second kappa shape index (κ2) is 9.46. The molecule has 36 heavy (non-hydrogen) atoms. The van der Waals surface area contributed by atoms with Crippen molar-refractivity contribution in [1.82, 2.24) is 15.0 Å². The van der Waals surface area contributed by atoms with Crippen LogP contribution in [0.3, 0.4) is 0 Å². The summed E-state index contributed by atoms with van der Waals surface area (Å²) >= 11 is 0. The van der Waals surface area contributed by atoms with Crippen LogP contribution in [0.15, 0.2) is 30.3 Å². The predicted octanol–water partition coefficient (Wildman–Crippen LogP) is 3.17. The SMILES string of the molecule is COc1ccc(-c2ccc3c(N4C[C@@H](C)O[C@@H](C)C4)nc(N4CC5CCC4CO5)nc3n2)cc1CO. The average Bonchev–Trinajstić information content (AvgIpc) is 2.91. The normalized spacial score (nSPS) is 26.0. The van der Waals surface area contributed by atoms with Crippen molar-refractivity contribution in [3.8, 4) is 17.0 Å². The topological polar surface area (TPSA) is 93.1 Å². The van der Waals surface area contributed by atoms with Crippen LogP contribution in [0.5, 0.6) is 5.75 Å². The summed E-state index contributed by atoms with van der Waals surface area (Å²) < 4.78 is 17.3. The van der Waals surface area contributed by atoms with E-state index in [0.717, 1.165) is 73.1 Å². The molecule has 9 nitrogen and oxygen atoms in total. The molecule has 9 heteroatoms. The number of hydrogen-bond acceptors (Lipinski definition) is 9. The van der Waals surface area contributed by atoms with E-state index in [9.17, 15) is 5.11 Å². The first-order valence-electron chi connectivity index (χ1n) is 12.8. The molecule has 0 aliphatic carbocycles. The molecular weight excluding hydrogens is 458 g/mol. The van der Waals surface area contributed by atoms with Crippen LogP contribution >= 0.6 is 0 Å². The van der Waals surface area contributed by atoms with E-state index in [-0.39, 0.29) is 24.9 Å². The number of ether oxygens (including phenoxy) is 3. The Hall–Kier alpha value is -3.01. The standard InChI is InChI=1S/C27H33N5O4/c1-16-11-31(12-17(2)36-16)26-22-7-8-23(18-4-9-24(34-3)19(10-18)14-33)28-25(22)29-27(30-26)32-13-21-6-5-20(32)15-35-21/h4,7-10,16-17,20-21,33H,5-6,11-15H2,1-3H3/t16-,17+,20?,21?. The van der Waals surface area contributed by atoms with Gasteiger partial charge in [0, 0.05) is 30.8 Å². The molecule has 2 bridgehead atoms. The lowest BCUT2D eigenvalue weighted by atomic mass is 9.97. The van der Waals surface area contributed by atoms with Gasteiger partial charge in [0.05, 0.1) is 55.8 Å². The van der Waals surface area contributed by atoms with Crippen LogP contribution in [-0.4, -0.2) is 77.8 Å². The van der Waals surface area contributed by atoms with Gasteiger partial charge in [0.15, 0.2) is 5.65 Å². The van der Waals surface area contributed by atoms with Crippen LogP contribution < -0.4 is 14.5 Å². The van der Waals surface area contributed by atoms with Gasteiger partial charge >= 0.3 is 0 Å². The third kappa shape index (κ3) is 4.25. The molecule has 190 valence electrons. The van der Waals surface area contributed by atoms with E-state index in [1.165, 1.54) is 0 Å². The summed E-state index contributed by atoms with van der Waals surface area (Å²) in [7, 11) is 1.61. The Labute approximate surface area is 211 Å². The summed E-state index contributed by atoms with van der Waals surface area (Å²) in [5.41, 5.74) is 3.09. The van der Waals surface area contributed by atoms with Crippen LogP contribution in [0.4, 0.5) is 11.8 Å². The molecule has 4 atom stereocenters. The molecule has 4 aliphatic rings. The van der Waals surface area contributed by atoms with Crippen molar-refractivity contribution in [2.45, 2.75) is 57.6 Å². The number of nitrogens with zero attached hydrogens (tertiary/aromatic N) is 5. The fourth-order valence-corrected chi connectivity index (χ4v) is 5.72. The highest BCUT2D eigenvalue weighted by Crippen LogP contribution is 2.34. The van der Waals surface area contributed by atoms with E-state index in [1.54, 1.807) is 7.11 Å². The molecule has 7 rings (SSSR count). The van der Waals surface area contributed by atoms with Crippen LogP contribution in [0.2, 0.25) is 0 Å². The number of methoxy groups -OCH3 is 1. The van der Waals surface area contributed by atoms with Crippen LogP contribution in [-0.2, 0) is 16.1 Å². The van der Waals surface area contributed by atoms with Gasteiger partial charge in [0.2, 0.25) is 5.95 Å². The summed E-state index contributed by atoms with van der Waals surface area (Å²) in [5, 5.41) is 10.7. The summed E-state index contributed by atoms with van der Waals surface area (Å²) in [6.07, 6.45) is 2.65. The fourth-order valence-electron chi connectivity index (χ4n) is 5.72. The number of fused-ring (bicyclic) bond motifs is 4. The first-order chi connectivity index (χ1) is 17.5. The molecule has 3 aromatic rings. The maximum Gasteiger partial charge on any atom is 0.229 e. The molecule has 1 aromatic carbocycles. The third-order valence-electron chi connectivity index (χ3n) is 7.44. The predicted molar refractivity (Wildman–Crippen MR) is 138 cm³/mol. The van der Waals surface area contributed by atoms with Gasteiger partial charge in [-0.2, -0.15) is 9.97 Å². The molecule has 0 radical (unpaired) electrons. The number of morpholine rings is 2. The average molecular weight is 492 g/mol. The smallest absolute Gasteiger partial charge is 0.229 e. The van der Waals surface area contributed by atoms with Gasteiger partial charge in [-0.1, -0.05) is 0 Å². The van der Waals surface area contributed by atoms with Crippen molar-refractivity contribution < 1.29 is 19.3 Å². The fraction of sp³-hybridized carbons (Fsp3) is 0.519. The van der Waals surface area contributed by atoms with E-state index in [1.807, 2.05) is 24.3 Å². The molecule has 2 unspecified atom stereocenters. The summed E-state index contributed by atoms with van der Waals surface area (Å²) in [4.78, 5) is 19.7. The summed E-state index contributed by atoms with van der Waals surface area (Å²) in [5.74, 6) is 2.29. The number of piperidine rings is 1. The summed E-state index contributed by atoms with van der Waals surface area (Å²) in [6, 6.07) is 10.1. The van der Waals surface area contributed by atoms with E-state index in [2.05, 4.69) is 29.7 Å². The monoisotopic (exact) mass is 491 g/mol. The van der Waals surface area contributed by atoms with Gasteiger partial charge in [-0.05, 0) is 57.0 Å². The van der Waals surface area contributed by atoms with Gasteiger partial charge in [0.1, 0.15) is 11.6 Å². The molecule has 0 saturated carbocycles. The van der Waals surface area contributed by atoms with E-state index in [0.29, 0.717) is 17.4 Å². The molecule has 1 N–H and O–H groups in total. The van der Waals surface area contributed by atoms with E-state index in [4.69, 9.17) is 29.2 Å². The van der Waals surface area contributed by atoms with E-state index < -0.39 is 0 Å². The largest absolute Gasteiger partial charge is 0.496 e. The number of aliphatic hydroxyl groups is 1. The summed E-state index contributed by atoms with van der Waals surface area (Å²) in [6.45, 7) is 7.17. The van der Waals surface area contributed by atoms with Gasteiger partial charge in [-0.3, -0.25) is 0 Å². The maximum atomic E-state index is 9.80. The zero-order valence-electron chi connectivity index (χ0n) is 21.1. The molecule has 6 heterocycles. The Kier molecular flexibility index (Phi) is 6.15. The van der Waals surface area contributed by atoms with E-state index >= 15 is 0 Å². The quantitative estimate of drug-likeness (QED) is 0.578. The van der Waals surface area contributed by atoms with Crippen molar-refractivity contribution in [2.24, 2.45) is 0 Å². The molecule has 4 fully saturated rings. The van der Waals surface area contributed by atoms with Gasteiger partial charge < -0.3 is 29.1 Å². The van der Waals surface area contributed by atoms with Crippen molar-refractivity contribution in [3.63, 3.8) is 0 Å². The number of pyridine rings is 1. The number of anilines is 2. The molecule has 4 saturated heterocycles. The van der Waals surface area contributed by atoms with Gasteiger partial charge in [-0.15, -0.1) is 0 Å². The Morgan fingerprint density at radius 1 is 1.03 bits per heavy atom. The Bertz CT molecular complexity index is 1250.